The zero-order chi connectivity index (χ0) is 52.4. The average molecular weight is 1050 g/mol. The molecule has 1 aromatic heterocycles. The van der Waals surface area contributed by atoms with Crippen molar-refractivity contribution in [1.82, 2.24) is 0 Å². The number of aliphatic hydroxyl groups excluding tert-OH is 4. The number of aliphatic hydroxyl groups is 5. The highest BCUT2D eigenvalue weighted by Crippen LogP contribution is 2.71. The first-order chi connectivity index (χ1) is 35.3. The molecule has 4 aliphatic heterocycles. The Morgan fingerprint density at radius 2 is 1.66 bits per heavy atom. The van der Waals surface area contributed by atoms with Crippen molar-refractivity contribution in [3.63, 3.8) is 0 Å². The Kier molecular flexibility index (Phi) is 12.9. The van der Waals surface area contributed by atoms with Gasteiger partial charge in [-0.05, 0) is 109 Å². The zero-order valence-corrected chi connectivity index (χ0v) is 42.2. The highest BCUT2D eigenvalue weighted by Gasteiger charge is 2.75. The molecule has 12 rings (SSSR count). The fraction of sp³-hybridized carbons (Fsp3) is 0.574. The minimum atomic E-state index is -1.98. The lowest BCUT2D eigenvalue weighted by atomic mass is 9.44. The number of allylic oxidation sites excluding steroid dienone is 4. The number of alkyl halides is 1. The number of ketones is 2. The molecule has 3 unspecified atom stereocenters. The summed E-state index contributed by atoms with van der Waals surface area (Å²) in [6.45, 7) is 4.65. The van der Waals surface area contributed by atoms with Crippen molar-refractivity contribution in [2.75, 3.05) is 40.8 Å². The minimum absolute atomic E-state index is 0.0242. The number of benzene rings is 2. The normalized spacial score (nSPS) is 41.2. The summed E-state index contributed by atoms with van der Waals surface area (Å²) in [5.41, 5.74) is -3.17. The van der Waals surface area contributed by atoms with Crippen LogP contribution in [0.2, 0.25) is 0 Å². The van der Waals surface area contributed by atoms with Crippen molar-refractivity contribution >= 4 is 28.9 Å². The number of Topliss-reactive ketones (excluding diaryl/α,β-unsaturated/α-hetero) is 1. The second-order valence-corrected chi connectivity index (χ2v) is 22.5. The summed E-state index contributed by atoms with van der Waals surface area (Å²) in [4.78, 5) is 38.7. The molecule has 6 N–H and O–H groups in total. The van der Waals surface area contributed by atoms with Crippen molar-refractivity contribution in [2.24, 2.45) is 40.4 Å². The Morgan fingerprint density at radius 3 is 2.34 bits per heavy atom. The van der Waals surface area contributed by atoms with Gasteiger partial charge in [0.1, 0.15) is 36.6 Å². The number of carbonyl (C=O) groups excluding carboxylic acids is 3. The molecule has 0 amide bonds. The highest BCUT2D eigenvalue weighted by atomic mass is 32.1. The Balaban J connectivity index is 0.000000180. The number of fused-ring (bicyclic) bond motifs is 9. The lowest BCUT2D eigenvalue weighted by molar-refractivity contribution is -0.368. The number of hydrogen-bond acceptors (Lipinski definition) is 19. The van der Waals surface area contributed by atoms with E-state index in [9.17, 15) is 45.0 Å². The van der Waals surface area contributed by atoms with Gasteiger partial charge in [0.2, 0.25) is 12.5 Å². The number of carbonyl (C=O) groups is 3. The first-order valence-electron chi connectivity index (χ1n) is 25.0. The fourth-order valence-corrected chi connectivity index (χ4v) is 15.2. The van der Waals surface area contributed by atoms with Gasteiger partial charge in [-0.2, -0.15) is 0 Å². The van der Waals surface area contributed by atoms with Crippen LogP contribution in [-0.4, -0.2) is 137 Å². The van der Waals surface area contributed by atoms with Gasteiger partial charge in [0.05, 0.1) is 50.4 Å². The van der Waals surface area contributed by atoms with E-state index in [0.717, 1.165) is 4.88 Å². The van der Waals surface area contributed by atoms with Crippen LogP contribution < -0.4 is 18.9 Å². The van der Waals surface area contributed by atoms with Gasteiger partial charge in [0.15, 0.2) is 52.8 Å². The number of phenols is 1. The number of aromatic hydroxyl groups is 1. The quantitative estimate of drug-likeness (QED) is 0.168. The van der Waals surface area contributed by atoms with Gasteiger partial charge in [0, 0.05) is 28.6 Å². The van der Waals surface area contributed by atoms with E-state index < -0.39 is 119 Å². The summed E-state index contributed by atoms with van der Waals surface area (Å²) in [5.74, 6) is -3.20. The van der Waals surface area contributed by atoms with E-state index in [1.165, 1.54) is 37.7 Å². The van der Waals surface area contributed by atoms with Crippen LogP contribution in [0.1, 0.15) is 86.3 Å². The van der Waals surface area contributed by atoms with E-state index in [1.807, 2.05) is 23.6 Å². The predicted molar refractivity (Wildman–Crippen MR) is 256 cm³/mol. The van der Waals surface area contributed by atoms with Crippen molar-refractivity contribution in [3.05, 3.63) is 87.1 Å². The topological polar surface area (TPSA) is 256 Å². The third kappa shape index (κ3) is 7.44. The molecule has 3 aromatic rings. The van der Waals surface area contributed by atoms with Crippen LogP contribution >= 0.6 is 11.3 Å². The fourth-order valence-electron chi connectivity index (χ4n) is 14.4. The molecule has 0 bridgehead atoms. The molecule has 6 fully saturated rings. The lowest BCUT2D eigenvalue weighted by Gasteiger charge is -2.62. The van der Waals surface area contributed by atoms with Crippen LogP contribution in [0.3, 0.4) is 0 Å². The summed E-state index contributed by atoms with van der Waals surface area (Å²) >= 11 is 1.46. The van der Waals surface area contributed by atoms with Gasteiger partial charge in [-0.3, -0.25) is 14.4 Å². The van der Waals surface area contributed by atoms with Gasteiger partial charge in [-0.15, -0.1) is 11.3 Å². The maximum Gasteiger partial charge on any atom is 0.310 e. The van der Waals surface area contributed by atoms with Crippen molar-refractivity contribution < 1.29 is 92.0 Å². The number of esters is 1. The molecule has 398 valence electrons. The van der Waals surface area contributed by atoms with Gasteiger partial charge in [0.25, 0.3) is 0 Å². The smallest absolute Gasteiger partial charge is 0.310 e. The lowest BCUT2D eigenvalue weighted by Crippen LogP contribution is -2.69. The zero-order valence-electron chi connectivity index (χ0n) is 41.4. The standard InChI is InChI=1S/C32H32O13S.C22H29FO5/c1-37-19-6-13(7-20(38-2)25(19)33)23-14-8-17-18(42-12-41-17)9-15(14)28(16-10-39-30(36)24(16)23)44-32-27(35)26(34)29-21(43-32)11-40-31(45-29)22-4-3-5-46-22;1-12-8-16-15-5-4-13-9-14(25)6-7-19(13,2)21(15,23)17(26)10-20(16,3)22(12,28)18(27)11-24/h3-9,16,21,23-24,26-29,31-35H,10-12H2,1-2H3;6-7,9,12,15-17,24,26,28H,4-5,8,10-11H2,1-3H3/t16?,21-,23-,24+,26-,27-,28?,29-,31?,32+;12-,15+,16+,17+,19+,20+,21+,22+/m11/s1. The molecule has 2 aromatic carbocycles. The van der Waals surface area contributed by atoms with E-state index in [-0.39, 0.29) is 55.4 Å². The Morgan fingerprint density at radius 1 is 0.946 bits per heavy atom. The summed E-state index contributed by atoms with van der Waals surface area (Å²) in [5, 5.41) is 67.0. The van der Waals surface area contributed by atoms with Crippen LogP contribution in [0.4, 0.5) is 4.39 Å². The monoisotopic (exact) mass is 1050 g/mol. The average Bonchev–Trinajstić information content (AvgIpc) is 4.22. The molecule has 18 nitrogen and oxygen atoms in total. The molecule has 5 heterocycles. The molecule has 3 saturated carbocycles. The largest absolute Gasteiger partial charge is 0.502 e. The number of hydrogen-bond donors (Lipinski definition) is 6. The summed E-state index contributed by atoms with van der Waals surface area (Å²) < 4.78 is 69.4. The minimum Gasteiger partial charge on any atom is -0.502 e. The number of methoxy groups -OCH3 is 2. The third-order valence-corrected chi connectivity index (χ3v) is 19.1. The van der Waals surface area contributed by atoms with E-state index in [0.29, 0.717) is 53.0 Å². The molecular weight excluding hydrogens is 988 g/mol. The van der Waals surface area contributed by atoms with Gasteiger partial charge in [-0.25, -0.2) is 4.39 Å². The number of cyclic esters (lactones) is 1. The third-order valence-electron chi connectivity index (χ3n) is 18.2. The second kappa shape index (κ2) is 18.6. The Bertz CT molecular complexity index is 2760. The second-order valence-electron chi connectivity index (χ2n) is 21.5. The molecule has 18 atom stereocenters. The summed E-state index contributed by atoms with van der Waals surface area (Å²) in [6.07, 6.45) is -2.72. The van der Waals surface area contributed by atoms with E-state index in [1.54, 1.807) is 45.0 Å². The molecule has 0 spiro atoms. The van der Waals surface area contributed by atoms with Crippen LogP contribution in [0.25, 0.3) is 0 Å². The van der Waals surface area contributed by atoms with Gasteiger partial charge >= 0.3 is 5.97 Å². The molecule has 9 aliphatic rings. The van der Waals surface area contributed by atoms with E-state index in [4.69, 9.17) is 42.6 Å². The SMILES string of the molecule is COc1cc([C@@H]2c3cc4c(cc3C(O[C@@H]3O[C@@H]5COC(c6cccs6)O[C@H]5[C@H](O)[C@H]3O)C3COC(=O)[C@@H]32)OCO4)cc(OC)c1O.C[C@@H]1C[C@H]2[C@@H]3CCC4=CC(=O)C=C[C@]4(C)[C@@]3(F)[C@@H](O)C[C@]2(C)[C@@]1(O)C(=O)CO. The summed E-state index contributed by atoms with van der Waals surface area (Å²) in [7, 11) is 2.86. The first-order valence-corrected chi connectivity index (χ1v) is 25.9. The summed E-state index contributed by atoms with van der Waals surface area (Å²) in [6, 6.07) is 10.7. The molecule has 0 radical (unpaired) electrons. The number of thiophene rings is 1. The molecular formula is C54H61FO18S. The van der Waals surface area contributed by atoms with E-state index >= 15 is 4.39 Å². The first kappa shape index (κ1) is 51.1. The number of halogens is 1. The van der Waals surface area contributed by atoms with Crippen molar-refractivity contribution in [3.8, 4) is 28.7 Å². The number of ether oxygens (including phenoxy) is 9. The number of phenolic OH excluding ortho intramolecular Hbond substituents is 1. The van der Waals surface area contributed by atoms with Crippen LogP contribution in [0.5, 0.6) is 28.7 Å². The van der Waals surface area contributed by atoms with Crippen LogP contribution in [0, 0.1) is 40.4 Å². The van der Waals surface area contributed by atoms with Crippen LogP contribution in [-0.2, 0) is 38.1 Å². The van der Waals surface area contributed by atoms with Crippen molar-refractivity contribution in [2.45, 2.75) is 113 Å². The van der Waals surface area contributed by atoms with Crippen molar-refractivity contribution in [1.29, 1.82) is 0 Å². The highest BCUT2D eigenvalue weighted by molar-refractivity contribution is 7.10. The van der Waals surface area contributed by atoms with Gasteiger partial charge < -0.3 is 73.3 Å². The molecule has 74 heavy (non-hydrogen) atoms. The molecule has 3 saturated heterocycles. The Hall–Kier alpha value is -5.00. The molecule has 5 aliphatic carbocycles. The Labute approximate surface area is 429 Å². The molecule has 20 heteroatoms. The van der Waals surface area contributed by atoms with Gasteiger partial charge in [-0.1, -0.05) is 31.6 Å². The maximum atomic E-state index is 16.9. The predicted octanol–water partition coefficient (Wildman–Crippen LogP) is 4.65. The van der Waals surface area contributed by atoms with Crippen LogP contribution in [0.15, 0.2) is 65.6 Å². The maximum absolute atomic E-state index is 16.9. The number of rotatable bonds is 8. The van der Waals surface area contributed by atoms with E-state index in [2.05, 4.69) is 0 Å².